The lowest BCUT2D eigenvalue weighted by Crippen LogP contribution is -2.48. The standard InChI is InChI=1S/C9H16N2O2/c12-9-6-13-8(5-11-9)7-1-3-10-4-2-7/h7-8,10H,1-6H2,(H,11,12). The molecule has 2 heterocycles. The first-order valence-electron chi connectivity index (χ1n) is 4.95. The highest BCUT2D eigenvalue weighted by atomic mass is 16.5. The van der Waals surface area contributed by atoms with Crippen LogP contribution < -0.4 is 10.6 Å². The molecule has 2 fully saturated rings. The third kappa shape index (κ3) is 2.19. The highest BCUT2D eigenvalue weighted by Gasteiger charge is 2.27. The van der Waals surface area contributed by atoms with E-state index in [2.05, 4.69) is 10.6 Å². The van der Waals surface area contributed by atoms with Crippen molar-refractivity contribution in [2.75, 3.05) is 26.2 Å². The van der Waals surface area contributed by atoms with E-state index in [1.165, 1.54) is 12.8 Å². The maximum atomic E-state index is 10.8. The van der Waals surface area contributed by atoms with Crippen molar-refractivity contribution < 1.29 is 9.53 Å². The Labute approximate surface area is 78.0 Å². The lowest BCUT2D eigenvalue weighted by molar-refractivity contribution is -0.135. The zero-order valence-corrected chi connectivity index (χ0v) is 7.71. The largest absolute Gasteiger partial charge is 0.366 e. The minimum Gasteiger partial charge on any atom is -0.366 e. The van der Waals surface area contributed by atoms with E-state index in [1.54, 1.807) is 0 Å². The van der Waals surface area contributed by atoms with Gasteiger partial charge in [0.25, 0.3) is 0 Å². The zero-order valence-electron chi connectivity index (χ0n) is 7.71. The lowest BCUT2D eigenvalue weighted by Gasteiger charge is -2.33. The Hall–Kier alpha value is -0.610. The summed E-state index contributed by atoms with van der Waals surface area (Å²) in [6, 6.07) is 0. The van der Waals surface area contributed by atoms with E-state index >= 15 is 0 Å². The number of rotatable bonds is 1. The van der Waals surface area contributed by atoms with E-state index in [9.17, 15) is 4.79 Å². The monoisotopic (exact) mass is 184 g/mol. The van der Waals surface area contributed by atoms with Crippen molar-refractivity contribution in [3.05, 3.63) is 0 Å². The van der Waals surface area contributed by atoms with Crippen LogP contribution >= 0.6 is 0 Å². The van der Waals surface area contributed by atoms with E-state index in [-0.39, 0.29) is 18.6 Å². The van der Waals surface area contributed by atoms with Gasteiger partial charge in [0.1, 0.15) is 6.61 Å². The van der Waals surface area contributed by atoms with Crippen LogP contribution in [-0.2, 0) is 9.53 Å². The molecule has 0 aromatic carbocycles. The molecule has 0 bridgehead atoms. The Morgan fingerprint density at radius 1 is 1.31 bits per heavy atom. The van der Waals surface area contributed by atoms with Crippen LogP contribution in [0.4, 0.5) is 0 Å². The van der Waals surface area contributed by atoms with E-state index < -0.39 is 0 Å². The van der Waals surface area contributed by atoms with Gasteiger partial charge in [0.05, 0.1) is 6.10 Å². The summed E-state index contributed by atoms with van der Waals surface area (Å²) in [4.78, 5) is 10.8. The summed E-state index contributed by atoms with van der Waals surface area (Å²) < 4.78 is 5.49. The predicted molar refractivity (Wildman–Crippen MR) is 48.3 cm³/mol. The molecule has 0 saturated carbocycles. The van der Waals surface area contributed by atoms with Crippen molar-refractivity contribution in [3.63, 3.8) is 0 Å². The molecule has 0 spiro atoms. The molecule has 0 aromatic rings. The maximum absolute atomic E-state index is 10.8. The molecular weight excluding hydrogens is 168 g/mol. The van der Waals surface area contributed by atoms with Crippen LogP contribution in [-0.4, -0.2) is 38.3 Å². The molecule has 4 heteroatoms. The average molecular weight is 184 g/mol. The van der Waals surface area contributed by atoms with E-state index in [4.69, 9.17) is 4.74 Å². The molecule has 4 nitrogen and oxygen atoms in total. The maximum Gasteiger partial charge on any atom is 0.246 e. The smallest absolute Gasteiger partial charge is 0.246 e. The molecule has 74 valence electrons. The number of morpholine rings is 1. The highest BCUT2D eigenvalue weighted by molar-refractivity contribution is 5.77. The summed E-state index contributed by atoms with van der Waals surface area (Å²) in [5.74, 6) is 0.645. The summed E-state index contributed by atoms with van der Waals surface area (Å²) in [7, 11) is 0. The van der Waals surface area contributed by atoms with Crippen LogP contribution in [0.2, 0.25) is 0 Å². The second-order valence-corrected chi connectivity index (χ2v) is 3.74. The van der Waals surface area contributed by atoms with E-state index in [0.717, 1.165) is 13.1 Å². The van der Waals surface area contributed by atoms with E-state index in [1.807, 2.05) is 0 Å². The van der Waals surface area contributed by atoms with Gasteiger partial charge in [-0.15, -0.1) is 0 Å². The van der Waals surface area contributed by atoms with Gasteiger partial charge in [0, 0.05) is 6.54 Å². The Kier molecular flexibility index (Phi) is 2.80. The summed E-state index contributed by atoms with van der Waals surface area (Å²) in [5, 5.41) is 6.16. The number of piperidine rings is 1. The van der Waals surface area contributed by atoms with Crippen LogP contribution in [0.25, 0.3) is 0 Å². The summed E-state index contributed by atoms with van der Waals surface area (Å²) >= 11 is 0. The Balaban J connectivity index is 1.82. The summed E-state index contributed by atoms with van der Waals surface area (Å²) in [6.45, 7) is 3.11. The number of nitrogens with one attached hydrogen (secondary N) is 2. The van der Waals surface area contributed by atoms with Gasteiger partial charge in [0.15, 0.2) is 0 Å². The number of hydrogen-bond donors (Lipinski definition) is 2. The first kappa shape index (κ1) is 8.97. The molecule has 1 amide bonds. The molecule has 13 heavy (non-hydrogen) atoms. The topological polar surface area (TPSA) is 50.4 Å². The normalized spacial score (nSPS) is 31.4. The fraction of sp³-hybridized carbons (Fsp3) is 0.889. The quantitative estimate of drug-likeness (QED) is 0.577. The van der Waals surface area contributed by atoms with Crippen molar-refractivity contribution in [1.82, 2.24) is 10.6 Å². The van der Waals surface area contributed by atoms with Crippen LogP contribution in [0.15, 0.2) is 0 Å². The van der Waals surface area contributed by atoms with Crippen molar-refractivity contribution in [1.29, 1.82) is 0 Å². The van der Waals surface area contributed by atoms with Crippen molar-refractivity contribution in [2.24, 2.45) is 5.92 Å². The minimum absolute atomic E-state index is 0.0187. The molecule has 0 aliphatic carbocycles. The van der Waals surface area contributed by atoms with Gasteiger partial charge in [-0.1, -0.05) is 0 Å². The van der Waals surface area contributed by atoms with Crippen LogP contribution in [0.5, 0.6) is 0 Å². The molecule has 2 saturated heterocycles. The minimum atomic E-state index is 0.0187. The number of carbonyl (C=O) groups is 1. The second kappa shape index (κ2) is 4.07. The fourth-order valence-electron chi connectivity index (χ4n) is 2.03. The van der Waals surface area contributed by atoms with Gasteiger partial charge in [0.2, 0.25) is 5.91 Å². The van der Waals surface area contributed by atoms with Crippen molar-refractivity contribution in [3.8, 4) is 0 Å². The second-order valence-electron chi connectivity index (χ2n) is 3.74. The summed E-state index contributed by atoms with van der Waals surface area (Å²) in [5.41, 5.74) is 0. The number of amides is 1. The molecule has 2 aliphatic heterocycles. The zero-order chi connectivity index (χ0) is 9.10. The molecule has 0 aromatic heterocycles. The fourth-order valence-corrected chi connectivity index (χ4v) is 2.03. The lowest BCUT2D eigenvalue weighted by atomic mass is 9.91. The Morgan fingerprint density at radius 2 is 2.08 bits per heavy atom. The van der Waals surface area contributed by atoms with Crippen molar-refractivity contribution in [2.45, 2.75) is 18.9 Å². The molecule has 2 N–H and O–H groups in total. The molecule has 2 rings (SSSR count). The summed E-state index contributed by atoms with van der Waals surface area (Å²) in [6.07, 6.45) is 2.58. The number of carbonyl (C=O) groups excluding carboxylic acids is 1. The molecular formula is C9H16N2O2. The molecule has 1 unspecified atom stereocenters. The first-order chi connectivity index (χ1) is 6.36. The van der Waals surface area contributed by atoms with Gasteiger partial charge in [-0.3, -0.25) is 4.79 Å². The van der Waals surface area contributed by atoms with Gasteiger partial charge in [-0.05, 0) is 31.8 Å². The average Bonchev–Trinajstić information content (AvgIpc) is 2.20. The van der Waals surface area contributed by atoms with Crippen LogP contribution in [0.1, 0.15) is 12.8 Å². The third-order valence-corrected chi connectivity index (χ3v) is 2.84. The first-order valence-corrected chi connectivity index (χ1v) is 4.95. The van der Waals surface area contributed by atoms with Gasteiger partial charge in [-0.2, -0.15) is 0 Å². The Bertz CT molecular complexity index is 180. The van der Waals surface area contributed by atoms with Gasteiger partial charge in [-0.25, -0.2) is 0 Å². The SMILES string of the molecule is O=C1COC(C2CCNCC2)CN1. The Morgan fingerprint density at radius 3 is 2.69 bits per heavy atom. The molecule has 2 aliphatic rings. The number of ether oxygens (including phenoxy) is 1. The predicted octanol–water partition coefficient (Wildman–Crippen LogP) is -0.499. The number of hydrogen-bond acceptors (Lipinski definition) is 3. The van der Waals surface area contributed by atoms with Gasteiger partial charge < -0.3 is 15.4 Å². The van der Waals surface area contributed by atoms with Crippen molar-refractivity contribution >= 4 is 5.91 Å². The molecule has 0 radical (unpaired) electrons. The molecule has 1 atom stereocenters. The third-order valence-electron chi connectivity index (χ3n) is 2.84. The van der Waals surface area contributed by atoms with Gasteiger partial charge >= 0.3 is 0 Å². The highest BCUT2D eigenvalue weighted by Crippen LogP contribution is 2.19. The van der Waals surface area contributed by atoms with E-state index in [0.29, 0.717) is 12.5 Å². The van der Waals surface area contributed by atoms with Crippen LogP contribution in [0.3, 0.4) is 0 Å². The van der Waals surface area contributed by atoms with Crippen LogP contribution in [0, 0.1) is 5.92 Å².